The van der Waals surface area contributed by atoms with E-state index in [2.05, 4.69) is 9.98 Å². The lowest BCUT2D eigenvalue weighted by molar-refractivity contribution is -0.397. The van der Waals surface area contributed by atoms with Gasteiger partial charge in [-0.3, -0.25) is 9.79 Å². The number of aliphatic hydroxyl groups is 1. The molecule has 160 valence electrons. The Morgan fingerprint density at radius 1 is 1.35 bits per heavy atom. The first-order valence-electron chi connectivity index (χ1n) is 9.04. The number of methoxy groups -OCH3 is 1. The molecule has 1 atom stereocenters. The molecule has 1 aliphatic rings. The third kappa shape index (κ3) is 5.28. The highest BCUT2D eigenvalue weighted by atomic mass is 16.6. The molecule has 11 nitrogen and oxygen atoms in total. The Bertz CT molecular complexity index is 1080. The number of ketones is 1. The van der Waals surface area contributed by atoms with Crippen LogP contribution in [0.15, 0.2) is 65.1 Å². The molecule has 0 unspecified atom stereocenters. The van der Waals surface area contributed by atoms with Gasteiger partial charge < -0.3 is 24.7 Å². The van der Waals surface area contributed by atoms with Gasteiger partial charge in [0.1, 0.15) is 24.7 Å². The quantitative estimate of drug-likeness (QED) is 0.278. The SMILES string of the molecule is COC[C@@H](Cn1ccnc1[N+](=O)[O-])OC(=O)c1ccc(N=CC2=C(O)C=CC2=O)cc1. The van der Waals surface area contributed by atoms with Gasteiger partial charge in [-0.1, -0.05) is 4.98 Å². The number of hydrogen-bond donors (Lipinski definition) is 1. The van der Waals surface area contributed by atoms with Gasteiger partial charge in [0.2, 0.25) is 0 Å². The molecule has 0 amide bonds. The van der Waals surface area contributed by atoms with Crippen LogP contribution in [0.2, 0.25) is 0 Å². The molecule has 0 fully saturated rings. The molecule has 0 bridgehead atoms. The second-order valence-corrected chi connectivity index (χ2v) is 6.42. The molecular weight excluding hydrogens is 408 g/mol. The lowest BCUT2D eigenvalue weighted by Crippen LogP contribution is -2.28. The van der Waals surface area contributed by atoms with Crippen LogP contribution >= 0.6 is 0 Å². The van der Waals surface area contributed by atoms with Gasteiger partial charge in [0.25, 0.3) is 0 Å². The van der Waals surface area contributed by atoms with E-state index in [4.69, 9.17) is 9.47 Å². The van der Waals surface area contributed by atoms with Gasteiger partial charge in [-0.05, 0) is 41.3 Å². The lowest BCUT2D eigenvalue weighted by Gasteiger charge is -2.16. The van der Waals surface area contributed by atoms with Crippen LogP contribution in [0, 0.1) is 10.1 Å². The van der Waals surface area contributed by atoms with Crippen molar-refractivity contribution >= 4 is 29.6 Å². The van der Waals surface area contributed by atoms with Crippen LogP contribution in [-0.2, 0) is 20.8 Å². The van der Waals surface area contributed by atoms with E-state index in [-0.39, 0.29) is 41.8 Å². The van der Waals surface area contributed by atoms with Gasteiger partial charge in [0.05, 0.1) is 23.4 Å². The van der Waals surface area contributed by atoms with E-state index in [9.17, 15) is 24.8 Å². The Labute approximate surface area is 176 Å². The van der Waals surface area contributed by atoms with E-state index in [1.54, 1.807) is 12.1 Å². The molecule has 0 spiro atoms. The number of esters is 1. The average Bonchev–Trinajstić information content (AvgIpc) is 3.33. The van der Waals surface area contributed by atoms with Gasteiger partial charge in [0.15, 0.2) is 11.9 Å². The number of benzene rings is 1. The Kier molecular flexibility index (Phi) is 6.67. The van der Waals surface area contributed by atoms with Crippen LogP contribution in [-0.4, -0.2) is 57.4 Å². The number of aromatic nitrogens is 2. The number of carbonyl (C=O) groups excluding carboxylic acids is 2. The summed E-state index contributed by atoms with van der Waals surface area (Å²) in [6, 6.07) is 6.07. The molecule has 1 N–H and O–H groups in total. The molecule has 11 heteroatoms. The van der Waals surface area contributed by atoms with Crippen molar-refractivity contribution in [2.45, 2.75) is 12.6 Å². The van der Waals surface area contributed by atoms with E-state index in [0.717, 1.165) is 0 Å². The molecule has 31 heavy (non-hydrogen) atoms. The monoisotopic (exact) mass is 426 g/mol. The minimum atomic E-state index is -0.779. The number of carbonyl (C=O) groups is 2. The predicted molar refractivity (Wildman–Crippen MR) is 108 cm³/mol. The summed E-state index contributed by atoms with van der Waals surface area (Å²) in [5.41, 5.74) is 0.777. The van der Waals surface area contributed by atoms with Crippen LogP contribution in [0.3, 0.4) is 0 Å². The van der Waals surface area contributed by atoms with E-state index < -0.39 is 17.0 Å². The third-order valence-corrected chi connectivity index (χ3v) is 4.26. The summed E-state index contributed by atoms with van der Waals surface area (Å²) in [5, 5.41) is 20.6. The van der Waals surface area contributed by atoms with Crippen LogP contribution in [0.25, 0.3) is 0 Å². The van der Waals surface area contributed by atoms with Crippen LogP contribution in [0.4, 0.5) is 11.6 Å². The Morgan fingerprint density at radius 3 is 2.71 bits per heavy atom. The maximum atomic E-state index is 12.5. The number of nitro groups is 1. The smallest absolute Gasteiger partial charge is 0.434 e. The van der Waals surface area contributed by atoms with Crippen LogP contribution in [0.1, 0.15) is 10.4 Å². The van der Waals surface area contributed by atoms with Crippen LogP contribution in [0.5, 0.6) is 0 Å². The predicted octanol–water partition coefficient (Wildman–Crippen LogP) is 2.32. The van der Waals surface area contributed by atoms with Crippen molar-refractivity contribution in [1.29, 1.82) is 0 Å². The first-order valence-corrected chi connectivity index (χ1v) is 9.04. The highest BCUT2D eigenvalue weighted by Crippen LogP contribution is 2.17. The van der Waals surface area contributed by atoms with Crippen molar-refractivity contribution in [3.8, 4) is 0 Å². The third-order valence-electron chi connectivity index (χ3n) is 4.26. The maximum absolute atomic E-state index is 12.5. The Morgan fingerprint density at radius 2 is 2.10 bits per heavy atom. The Hall–Kier alpha value is -4.12. The summed E-state index contributed by atoms with van der Waals surface area (Å²) in [4.78, 5) is 42.2. The first-order chi connectivity index (χ1) is 14.9. The van der Waals surface area contributed by atoms with Crippen molar-refractivity contribution in [1.82, 2.24) is 9.55 Å². The minimum Gasteiger partial charge on any atom is -0.507 e. The summed E-state index contributed by atoms with van der Waals surface area (Å²) in [5.74, 6) is -1.51. The number of allylic oxidation sites excluding steroid dienone is 3. The summed E-state index contributed by atoms with van der Waals surface area (Å²) >= 11 is 0. The number of nitrogens with zero attached hydrogens (tertiary/aromatic N) is 4. The second-order valence-electron chi connectivity index (χ2n) is 6.42. The lowest BCUT2D eigenvalue weighted by atomic mass is 10.2. The molecule has 2 aromatic rings. The van der Waals surface area contributed by atoms with Gasteiger partial charge in [-0.25, -0.2) is 9.36 Å². The molecule has 1 aromatic heterocycles. The van der Waals surface area contributed by atoms with Gasteiger partial charge in [-0.2, -0.15) is 0 Å². The summed E-state index contributed by atoms with van der Waals surface area (Å²) in [6.07, 6.45) is 5.70. The number of aliphatic imine (C=N–C) groups is 1. The number of ether oxygens (including phenoxy) is 2. The van der Waals surface area contributed by atoms with Crippen molar-refractivity contribution in [2.24, 2.45) is 4.99 Å². The highest BCUT2D eigenvalue weighted by molar-refractivity contribution is 6.21. The number of imidazole rings is 1. The van der Waals surface area contributed by atoms with Crippen molar-refractivity contribution < 1.29 is 29.1 Å². The van der Waals surface area contributed by atoms with Crippen LogP contribution < -0.4 is 0 Å². The normalized spacial score (nSPS) is 14.4. The second kappa shape index (κ2) is 9.59. The highest BCUT2D eigenvalue weighted by Gasteiger charge is 2.22. The standard InChI is InChI=1S/C20H18N4O7/c1-30-12-15(11-23-9-8-21-20(23)24(28)29)31-19(27)13-2-4-14(5-3-13)22-10-16-17(25)6-7-18(16)26/h2-10,15,25H,11-12H2,1H3/t15-/m1/s1. The molecular formula is C20H18N4O7. The fourth-order valence-electron chi connectivity index (χ4n) is 2.78. The summed E-state index contributed by atoms with van der Waals surface area (Å²) in [7, 11) is 1.42. The van der Waals surface area contributed by atoms with Crippen molar-refractivity contribution in [3.63, 3.8) is 0 Å². The van der Waals surface area contributed by atoms with Gasteiger partial charge in [0, 0.05) is 13.3 Å². The zero-order valence-corrected chi connectivity index (χ0v) is 16.4. The van der Waals surface area contributed by atoms with Crippen molar-refractivity contribution in [3.05, 3.63) is 75.8 Å². The van der Waals surface area contributed by atoms with E-state index in [1.807, 2.05) is 0 Å². The zero-order chi connectivity index (χ0) is 22.4. The molecule has 1 aliphatic carbocycles. The van der Waals surface area contributed by atoms with Crippen molar-refractivity contribution in [2.75, 3.05) is 13.7 Å². The van der Waals surface area contributed by atoms with E-state index in [1.165, 1.54) is 54.6 Å². The molecule has 0 radical (unpaired) electrons. The fraction of sp³-hybridized carbons (Fsp3) is 0.200. The molecule has 1 heterocycles. The van der Waals surface area contributed by atoms with E-state index in [0.29, 0.717) is 5.69 Å². The Balaban J connectivity index is 1.65. The first kappa shape index (κ1) is 21.6. The zero-order valence-electron chi connectivity index (χ0n) is 16.4. The van der Waals surface area contributed by atoms with Gasteiger partial charge >= 0.3 is 11.9 Å². The minimum absolute atomic E-state index is 0.00105. The maximum Gasteiger partial charge on any atom is 0.434 e. The summed E-state index contributed by atoms with van der Waals surface area (Å²) in [6.45, 7) is 0.0308. The molecule has 0 saturated carbocycles. The largest absolute Gasteiger partial charge is 0.507 e. The van der Waals surface area contributed by atoms with E-state index >= 15 is 0 Å². The van der Waals surface area contributed by atoms with Gasteiger partial charge in [-0.15, -0.1) is 0 Å². The average molecular weight is 426 g/mol. The molecule has 1 aromatic carbocycles. The number of aliphatic hydroxyl groups excluding tert-OH is 1. The molecule has 0 aliphatic heterocycles. The topological polar surface area (TPSA) is 146 Å². The molecule has 3 rings (SSSR count). The molecule has 0 saturated heterocycles. The number of rotatable bonds is 9. The fourth-order valence-corrected chi connectivity index (χ4v) is 2.78. The number of hydrogen-bond acceptors (Lipinski definition) is 9. The summed E-state index contributed by atoms with van der Waals surface area (Å²) < 4.78 is 11.7.